The van der Waals surface area contributed by atoms with Crippen LogP contribution in [-0.2, 0) is 11.2 Å². The van der Waals surface area contributed by atoms with Crippen LogP contribution in [0.2, 0.25) is 0 Å². The first kappa shape index (κ1) is 13.4. The number of benzene rings is 1. The van der Waals surface area contributed by atoms with E-state index in [1.165, 1.54) is 0 Å². The Balaban J connectivity index is 1.82. The Hall–Kier alpha value is -2.00. The van der Waals surface area contributed by atoms with Gasteiger partial charge in [-0.15, -0.1) is 0 Å². The zero-order valence-corrected chi connectivity index (χ0v) is 10.7. The van der Waals surface area contributed by atoms with Gasteiger partial charge >= 0.3 is 0 Å². The summed E-state index contributed by atoms with van der Waals surface area (Å²) in [6.45, 7) is 0. The van der Waals surface area contributed by atoms with Gasteiger partial charge in [-0.3, -0.25) is 9.78 Å². The lowest BCUT2D eigenvalue weighted by atomic mass is 10.0. The summed E-state index contributed by atoms with van der Waals surface area (Å²) < 4.78 is 0. The second kappa shape index (κ2) is 6.81. The number of aliphatic hydroxyl groups is 1. The average Bonchev–Trinajstić information content (AvgIpc) is 2.47. The maximum absolute atomic E-state index is 11.8. The van der Waals surface area contributed by atoms with E-state index in [0.717, 1.165) is 5.56 Å². The van der Waals surface area contributed by atoms with Crippen molar-refractivity contribution in [3.63, 3.8) is 0 Å². The number of pyridine rings is 1. The molecule has 0 fully saturated rings. The van der Waals surface area contributed by atoms with Crippen molar-refractivity contribution in [3.05, 3.63) is 66.0 Å². The summed E-state index contributed by atoms with van der Waals surface area (Å²) in [5.41, 5.74) is 1.69. The van der Waals surface area contributed by atoms with Crippen LogP contribution in [-0.4, -0.2) is 15.9 Å². The van der Waals surface area contributed by atoms with E-state index in [-0.39, 0.29) is 12.2 Å². The number of ketones is 1. The summed E-state index contributed by atoms with van der Waals surface area (Å²) in [6, 6.07) is 15.2. The van der Waals surface area contributed by atoms with E-state index in [0.29, 0.717) is 18.5 Å². The second-order valence-corrected chi connectivity index (χ2v) is 4.50. The van der Waals surface area contributed by atoms with Crippen molar-refractivity contribution in [1.82, 2.24) is 4.98 Å². The molecule has 2 rings (SSSR count). The molecule has 1 aromatic heterocycles. The van der Waals surface area contributed by atoms with E-state index in [4.69, 9.17) is 0 Å². The van der Waals surface area contributed by atoms with E-state index in [9.17, 15) is 9.90 Å². The lowest BCUT2D eigenvalue weighted by molar-refractivity contribution is -0.121. The van der Waals surface area contributed by atoms with Gasteiger partial charge in [-0.2, -0.15) is 0 Å². The zero-order chi connectivity index (χ0) is 13.5. The predicted molar refractivity (Wildman–Crippen MR) is 73.6 cm³/mol. The molecular formula is C16H17NO2. The van der Waals surface area contributed by atoms with Gasteiger partial charge in [0.15, 0.2) is 0 Å². The quantitative estimate of drug-likeness (QED) is 0.863. The number of hydrogen-bond donors (Lipinski definition) is 1. The van der Waals surface area contributed by atoms with Gasteiger partial charge in [-0.1, -0.05) is 36.4 Å². The molecule has 0 aliphatic heterocycles. The van der Waals surface area contributed by atoms with Gasteiger partial charge in [0.25, 0.3) is 0 Å². The molecule has 0 radical (unpaired) electrons. The number of rotatable bonds is 6. The predicted octanol–water partition coefficient (Wildman–Crippen LogP) is 2.71. The Morgan fingerprint density at radius 3 is 2.53 bits per heavy atom. The van der Waals surface area contributed by atoms with Crippen LogP contribution in [0.1, 0.15) is 30.2 Å². The number of carbonyl (C=O) groups is 1. The highest BCUT2D eigenvalue weighted by Crippen LogP contribution is 2.15. The van der Waals surface area contributed by atoms with Crippen molar-refractivity contribution in [3.8, 4) is 0 Å². The van der Waals surface area contributed by atoms with Crippen LogP contribution in [0.15, 0.2) is 54.7 Å². The highest BCUT2D eigenvalue weighted by molar-refractivity contribution is 5.79. The maximum atomic E-state index is 11.8. The minimum absolute atomic E-state index is 0.0574. The van der Waals surface area contributed by atoms with Gasteiger partial charge in [0.2, 0.25) is 0 Å². The zero-order valence-electron chi connectivity index (χ0n) is 10.7. The number of aliphatic hydroxyl groups excluding tert-OH is 1. The van der Waals surface area contributed by atoms with Gasteiger partial charge in [0.1, 0.15) is 11.9 Å². The third-order valence-corrected chi connectivity index (χ3v) is 2.99. The van der Waals surface area contributed by atoms with Crippen molar-refractivity contribution >= 4 is 5.78 Å². The fraction of sp³-hybridized carbons (Fsp3) is 0.250. The van der Waals surface area contributed by atoms with Crippen LogP contribution in [0.25, 0.3) is 0 Å². The summed E-state index contributed by atoms with van der Waals surface area (Å²) in [5.74, 6) is 0.0574. The molecule has 1 aromatic carbocycles. The summed E-state index contributed by atoms with van der Waals surface area (Å²) in [4.78, 5) is 15.9. The molecule has 0 spiro atoms. The summed E-state index contributed by atoms with van der Waals surface area (Å²) in [5, 5.41) is 9.90. The van der Waals surface area contributed by atoms with E-state index in [2.05, 4.69) is 4.98 Å². The lowest BCUT2D eigenvalue weighted by Crippen LogP contribution is -2.08. The molecule has 0 amide bonds. The first-order valence-corrected chi connectivity index (χ1v) is 6.40. The smallest absolute Gasteiger partial charge is 0.136 e. The average molecular weight is 255 g/mol. The summed E-state index contributed by atoms with van der Waals surface area (Å²) >= 11 is 0. The van der Waals surface area contributed by atoms with Crippen LogP contribution in [0.5, 0.6) is 0 Å². The lowest BCUT2D eigenvalue weighted by Gasteiger charge is -2.08. The second-order valence-electron chi connectivity index (χ2n) is 4.50. The van der Waals surface area contributed by atoms with Gasteiger partial charge in [0, 0.05) is 19.0 Å². The Kier molecular flexibility index (Phi) is 4.81. The van der Waals surface area contributed by atoms with Gasteiger partial charge in [-0.25, -0.2) is 0 Å². The Morgan fingerprint density at radius 2 is 1.84 bits per heavy atom. The Bertz CT molecular complexity index is 511. The number of hydrogen-bond acceptors (Lipinski definition) is 3. The molecule has 0 aliphatic carbocycles. The van der Waals surface area contributed by atoms with E-state index < -0.39 is 6.10 Å². The molecule has 1 atom stereocenters. The van der Waals surface area contributed by atoms with Crippen LogP contribution >= 0.6 is 0 Å². The molecule has 0 saturated carbocycles. The van der Waals surface area contributed by atoms with Crippen molar-refractivity contribution in [2.75, 3.05) is 0 Å². The van der Waals surface area contributed by atoms with Crippen LogP contribution in [0.3, 0.4) is 0 Å². The monoisotopic (exact) mass is 255 g/mol. The molecule has 98 valence electrons. The third-order valence-electron chi connectivity index (χ3n) is 2.99. The molecule has 0 bridgehead atoms. The van der Waals surface area contributed by atoms with Crippen molar-refractivity contribution in [2.24, 2.45) is 0 Å². The van der Waals surface area contributed by atoms with Crippen molar-refractivity contribution < 1.29 is 9.90 Å². The highest BCUT2D eigenvalue weighted by Gasteiger charge is 2.13. The van der Waals surface area contributed by atoms with Crippen LogP contribution in [0.4, 0.5) is 0 Å². The fourth-order valence-electron chi connectivity index (χ4n) is 1.92. The van der Waals surface area contributed by atoms with E-state index >= 15 is 0 Å². The summed E-state index contributed by atoms with van der Waals surface area (Å²) in [6.07, 6.45) is 2.11. The van der Waals surface area contributed by atoms with E-state index in [1.807, 2.05) is 30.3 Å². The maximum Gasteiger partial charge on any atom is 0.136 e. The Morgan fingerprint density at radius 1 is 1.11 bits per heavy atom. The number of carbonyl (C=O) groups excluding carboxylic acids is 1. The van der Waals surface area contributed by atoms with Crippen LogP contribution in [0, 0.1) is 0 Å². The third kappa shape index (κ3) is 4.30. The fourth-order valence-corrected chi connectivity index (χ4v) is 1.92. The molecule has 1 N–H and O–H groups in total. The molecule has 0 aliphatic rings. The number of Topliss-reactive ketones (excluding diaryl/α,β-unsaturated/α-hetero) is 1. The molecular weight excluding hydrogens is 238 g/mol. The van der Waals surface area contributed by atoms with Crippen molar-refractivity contribution in [1.29, 1.82) is 0 Å². The van der Waals surface area contributed by atoms with Gasteiger partial charge in [0.05, 0.1) is 5.69 Å². The summed E-state index contributed by atoms with van der Waals surface area (Å²) in [7, 11) is 0. The number of nitrogens with zero attached hydrogens (tertiary/aromatic N) is 1. The number of aryl methyl sites for hydroxylation is 1. The molecule has 1 heterocycles. The Labute approximate surface area is 112 Å². The molecule has 19 heavy (non-hydrogen) atoms. The molecule has 1 unspecified atom stereocenters. The normalized spacial score (nSPS) is 12.1. The molecule has 3 heteroatoms. The number of aromatic nitrogens is 1. The van der Waals surface area contributed by atoms with Crippen molar-refractivity contribution in [2.45, 2.75) is 25.4 Å². The topological polar surface area (TPSA) is 50.2 Å². The highest BCUT2D eigenvalue weighted by atomic mass is 16.3. The minimum atomic E-state index is -0.801. The van der Waals surface area contributed by atoms with Gasteiger partial charge in [-0.05, 0) is 24.1 Å². The largest absolute Gasteiger partial charge is 0.386 e. The molecule has 0 saturated heterocycles. The molecule has 3 nitrogen and oxygen atoms in total. The minimum Gasteiger partial charge on any atom is -0.386 e. The first-order chi connectivity index (χ1) is 9.25. The standard InChI is InChI=1S/C16H17NO2/c18-14(10-9-13-6-2-1-3-7-13)12-16(19)15-8-4-5-11-17-15/h1-8,11,16,19H,9-10,12H2. The van der Waals surface area contributed by atoms with Gasteiger partial charge < -0.3 is 5.11 Å². The van der Waals surface area contributed by atoms with Crippen LogP contribution < -0.4 is 0 Å². The SMILES string of the molecule is O=C(CCc1ccccc1)CC(O)c1ccccn1. The molecule has 2 aromatic rings. The first-order valence-electron chi connectivity index (χ1n) is 6.40. The van der Waals surface area contributed by atoms with E-state index in [1.54, 1.807) is 24.4 Å².